The Morgan fingerprint density at radius 3 is 2.24 bits per heavy atom. The number of fused-ring (bicyclic) bond motifs is 2. The number of nitrogens with zero attached hydrogens (tertiary/aromatic N) is 2. The predicted octanol–water partition coefficient (Wildman–Crippen LogP) is 3.13. The van der Waals surface area contributed by atoms with Crippen LogP contribution in [0.5, 0.6) is 0 Å². The lowest BCUT2D eigenvalue weighted by Crippen LogP contribution is -2.18. The van der Waals surface area contributed by atoms with Crippen molar-refractivity contribution >= 4 is 5.97 Å². The number of hydrogen-bond acceptors (Lipinski definition) is 3. The summed E-state index contributed by atoms with van der Waals surface area (Å²) in [7, 11) is 0. The second kappa shape index (κ2) is 5.74. The predicted molar refractivity (Wildman–Crippen MR) is 80.3 cm³/mol. The summed E-state index contributed by atoms with van der Waals surface area (Å²) in [6.45, 7) is 4.11. The van der Waals surface area contributed by atoms with Crippen molar-refractivity contribution in [3.8, 4) is 0 Å². The van der Waals surface area contributed by atoms with Crippen LogP contribution < -0.4 is 0 Å². The molecule has 0 saturated heterocycles. The first-order valence-corrected chi connectivity index (χ1v) is 8.22. The fourth-order valence-corrected chi connectivity index (χ4v) is 4.27. The van der Waals surface area contributed by atoms with Gasteiger partial charge < -0.3 is 5.11 Å². The first-order chi connectivity index (χ1) is 10.1. The maximum Gasteiger partial charge on any atom is 0.307 e. The van der Waals surface area contributed by atoms with Gasteiger partial charge in [0.15, 0.2) is 0 Å². The fourth-order valence-electron chi connectivity index (χ4n) is 4.27. The number of carbonyl (C=O) groups is 1. The Morgan fingerprint density at radius 2 is 1.81 bits per heavy atom. The van der Waals surface area contributed by atoms with Gasteiger partial charge in [0.2, 0.25) is 0 Å². The molecule has 0 aromatic carbocycles. The molecule has 2 aliphatic rings. The normalized spacial score (nSPS) is 27.2. The number of carboxylic acid groups (broad SMARTS) is 1. The Kier molecular flexibility index (Phi) is 3.96. The minimum absolute atomic E-state index is 0.0450. The lowest BCUT2D eigenvalue weighted by atomic mass is 9.87. The third-order valence-corrected chi connectivity index (χ3v) is 5.26. The molecular weight excluding hydrogens is 264 g/mol. The van der Waals surface area contributed by atoms with Crippen LogP contribution in [0.2, 0.25) is 0 Å². The minimum Gasteiger partial charge on any atom is -0.481 e. The molecule has 114 valence electrons. The lowest BCUT2D eigenvalue weighted by molar-refractivity contribution is -0.136. The van der Waals surface area contributed by atoms with E-state index in [0.29, 0.717) is 5.92 Å². The first kappa shape index (κ1) is 14.5. The molecule has 4 heteroatoms. The van der Waals surface area contributed by atoms with Gasteiger partial charge in [0.05, 0.1) is 6.42 Å². The number of carboxylic acids is 1. The number of aromatic nitrogens is 2. The van der Waals surface area contributed by atoms with Crippen molar-refractivity contribution in [3.05, 3.63) is 22.8 Å². The average molecular weight is 288 g/mol. The highest BCUT2D eigenvalue weighted by molar-refractivity contribution is 5.71. The minimum atomic E-state index is -0.796. The zero-order valence-electron chi connectivity index (χ0n) is 12.9. The molecule has 1 N–H and O–H groups in total. The van der Waals surface area contributed by atoms with E-state index in [9.17, 15) is 4.79 Å². The Balaban J connectivity index is 1.97. The van der Waals surface area contributed by atoms with Gasteiger partial charge in [0.1, 0.15) is 5.82 Å². The number of rotatable bonds is 5. The van der Waals surface area contributed by atoms with Crippen LogP contribution in [0.1, 0.15) is 68.2 Å². The maximum absolute atomic E-state index is 11.1. The van der Waals surface area contributed by atoms with E-state index >= 15 is 0 Å². The molecule has 0 aliphatic heterocycles. The monoisotopic (exact) mass is 288 g/mol. The van der Waals surface area contributed by atoms with E-state index in [0.717, 1.165) is 47.5 Å². The molecule has 2 aliphatic carbocycles. The summed E-state index contributed by atoms with van der Waals surface area (Å²) < 4.78 is 0. The lowest BCUT2D eigenvalue weighted by Gasteiger charge is -2.22. The molecule has 2 bridgehead atoms. The molecular formula is C17H24N2O2. The van der Waals surface area contributed by atoms with Gasteiger partial charge in [-0.2, -0.15) is 0 Å². The van der Waals surface area contributed by atoms with Crippen molar-refractivity contribution in [1.82, 2.24) is 9.97 Å². The number of aryl methyl sites for hydroxylation is 2. The van der Waals surface area contributed by atoms with Gasteiger partial charge in [-0.15, -0.1) is 0 Å². The van der Waals surface area contributed by atoms with Crippen LogP contribution in [0.3, 0.4) is 0 Å². The Bertz CT molecular complexity index is 531. The Hall–Kier alpha value is -1.45. The largest absolute Gasteiger partial charge is 0.481 e. The fraction of sp³-hybridized carbons (Fsp3) is 0.706. The van der Waals surface area contributed by atoms with Gasteiger partial charge >= 0.3 is 5.97 Å². The highest BCUT2D eigenvalue weighted by atomic mass is 16.4. The van der Waals surface area contributed by atoms with E-state index in [-0.39, 0.29) is 6.42 Å². The molecule has 1 heterocycles. The summed E-state index contributed by atoms with van der Waals surface area (Å²) >= 11 is 0. The van der Waals surface area contributed by atoms with Crippen molar-refractivity contribution in [2.75, 3.05) is 0 Å². The summed E-state index contributed by atoms with van der Waals surface area (Å²) in [5.41, 5.74) is 2.74. The average Bonchev–Trinajstić information content (AvgIpc) is 3.09. The standard InChI is InChI=1S/C17H24N2O2/c1-3-14-13(9-16(20)21)15(4-2)19-17(18-14)12-8-10-5-6-11(12)7-10/h10-12H,3-9H2,1-2H3,(H,20,21). The first-order valence-electron chi connectivity index (χ1n) is 8.22. The van der Waals surface area contributed by atoms with Gasteiger partial charge in [-0.1, -0.05) is 20.3 Å². The van der Waals surface area contributed by atoms with E-state index in [1.165, 1.54) is 25.7 Å². The summed E-state index contributed by atoms with van der Waals surface area (Å²) in [6.07, 6.45) is 6.88. The van der Waals surface area contributed by atoms with Crippen LogP contribution in [0.25, 0.3) is 0 Å². The Morgan fingerprint density at radius 1 is 1.14 bits per heavy atom. The molecule has 2 fully saturated rings. The molecule has 0 spiro atoms. The SMILES string of the molecule is CCc1nc(C2CC3CCC2C3)nc(CC)c1CC(=O)O. The topological polar surface area (TPSA) is 63.1 Å². The van der Waals surface area contributed by atoms with Crippen LogP contribution in [-0.4, -0.2) is 21.0 Å². The van der Waals surface area contributed by atoms with Gasteiger partial charge in [-0.25, -0.2) is 9.97 Å². The van der Waals surface area contributed by atoms with Crippen LogP contribution in [0.4, 0.5) is 0 Å². The Labute approximate surface area is 126 Å². The molecule has 0 amide bonds. The van der Waals surface area contributed by atoms with E-state index in [2.05, 4.69) is 13.8 Å². The van der Waals surface area contributed by atoms with Gasteiger partial charge in [0.25, 0.3) is 0 Å². The summed E-state index contributed by atoms with van der Waals surface area (Å²) in [5, 5.41) is 9.12. The van der Waals surface area contributed by atoms with Crippen molar-refractivity contribution in [1.29, 1.82) is 0 Å². The molecule has 21 heavy (non-hydrogen) atoms. The molecule has 4 nitrogen and oxygen atoms in total. The summed E-state index contributed by atoms with van der Waals surface area (Å²) in [5.74, 6) is 2.34. The van der Waals surface area contributed by atoms with Gasteiger partial charge in [0, 0.05) is 22.9 Å². The van der Waals surface area contributed by atoms with Crippen molar-refractivity contribution in [2.24, 2.45) is 11.8 Å². The summed E-state index contributed by atoms with van der Waals surface area (Å²) in [4.78, 5) is 20.7. The molecule has 2 saturated carbocycles. The second-order valence-corrected chi connectivity index (χ2v) is 6.51. The quantitative estimate of drug-likeness (QED) is 0.904. The highest BCUT2D eigenvalue weighted by Crippen LogP contribution is 2.52. The van der Waals surface area contributed by atoms with Crippen LogP contribution >= 0.6 is 0 Å². The molecule has 1 aromatic heterocycles. The van der Waals surface area contributed by atoms with Crippen molar-refractivity contribution in [3.63, 3.8) is 0 Å². The zero-order valence-corrected chi connectivity index (χ0v) is 12.9. The molecule has 0 radical (unpaired) electrons. The number of aliphatic carboxylic acids is 1. The maximum atomic E-state index is 11.1. The van der Waals surface area contributed by atoms with Crippen LogP contribution in [0.15, 0.2) is 0 Å². The molecule has 1 aromatic rings. The smallest absolute Gasteiger partial charge is 0.307 e. The van der Waals surface area contributed by atoms with E-state index in [4.69, 9.17) is 15.1 Å². The molecule has 3 rings (SSSR count). The zero-order chi connectivity index (χ0) is 15.0. The van der Waals surface area contributed by atoms with E-state index in [1.54, 1.807) is 0 Å². The van der Waals surface area contributed by atoms with E-state index < -0.39 is 5.97 Å². The van der Waals surface area contributed by atoms with Crippen LogP contribution in [0, 0.1) is 11.8 Å². The van der Waals surface area contributed by atoms with Crippen molar-refractivity contribution < 1.29 is 9.90 Å². The van der Waals surface area contributed by atoms with Gasteiger partial charge in [-0.3, -0.25) is 4.79 Å². The van der Waals surface area contributed by atoms with E-state index in [1.807, 2.05) is 0 Å². The highest BCUT2D eigenvalue weighted by Gasteiger charge is 2.41. The molecule has 3 atom stereocenters. The summed E-state index contributed by atoms with van der Waals surface area (Å²) in [6, 6.07) is 0. The van der Waals surface area contributed by atoms with Crippen LogP contribution in [-0.2, 0) is 24.1 Å². The second-order valence-electron chi connectivity index (χ2n) is 6.51. The third-order valence-electron chi connectivity index (χ3n) is 5.26. The van der Waals surface area contributed by atoms with Gasteiger partial charge in [-0.05, 0) is 43.9 Å². The molecule has 3 unspecified atom stereocenters. The number of hydrogen-bond donors (Lipinski definition) is 1. The van der Waals surface area contributed by atoms with Crippen molar-refractivity contribution in [2.45, 2.75) is 64.7 Å². The third kappa shape index (κ3) is 2.68.